The van der Waals surface area contributed by atoms with Gasteiger partial charge in [0.05, 0.1) is 6.54 Å². The molecule has 2 rings (SSSR count). The molecule has 0 aliphatic carbocycles. The van der Waals surface area contributed by atoms with Crippen molar-refractivity contribution in [3.05, 3.63) is 41.7 Å². The minimum atomic E-state index is 0.451. The normalized spacial score (nSPS) is 10.8. The maximum absolute atomic E-state index is 5.68. The van der Waals surface area contributed by atoms with E-state index in [0.29, 0.717) is 6.54 Å². The highest BCUT2D eigenvalue weighted by Gasteiger charge is 2.10. The number of rotatable bonds is 7. The quantitative estimate of drug-likeness (QED) is 0.789. The molecule has 2 N–H and O–H groups in total. The third-order valence-electron chi connectivity index (χ3n) is 2.89. The van der Waals surface area contributed by atoms with E-state index in [9.17, 15) is 0 Å². The van der Waals surface area contributed by atoms with E-state index in [1.807, 2.05) is 6.07 Å². The van der Waals surface area contributed by atoms with Gasteiger partial charge >= 0.3 is 0 Å². The Morgan fingerprint density at radius 3 is 2.68 bits per heavy atom. The second kappa shape index (κ2) is 7.31. The maximum atomic E-state index is 5.68. The predicted octanol–water partition coefficient (Wildman–Crippen LogP) is 2.48. The van der Waals surface area contributed by atoms with Crippen LogP contribution in [0.3, 0.4) is 0 Å². The smallest absolute Gasteiger partial charge is 0.191 e. The lowest BCUT2D eigenvalue weighted by atomic mass is 10.2. The van der Waals surface area contributed by atoms with Crippen molar-refractivity contribution in [1.29, 1.82) is 0 Å². The fourth-order valence-electron chi connectivity index (χ4n) is 1.93. The largest absolute Gasteiger partial charge is 0.324 e. The molecule has 102 valence electrons. The Morgan fingerprint density at radius 1 is 1.21 bits per heavy atom. The summed E-state index contributed by atoms with van der Waals surface area (Å²) in [5, 5.41) is 9.36. The molecule has 0 radical (unpaired) electrons. The summed E-state index contributed by atoms with van der Waals surface area (Å²) in [6, 6.07) is 10.5. The zero-order valence-corrected chi connectivity index (χ0v) is 12.1. The number of aryl methyl sites for hydroxylation is 1. The number of nitrogens with zero attached hydrogens (tertiary/aromatic N) is 3. The number of hydrogen-bond donors (Lipinski definition) is 1. The molecule has 0 atom stereocenters. The molecular formula is C14H20N4S. The monoisotopic (exact) mass is 276 g/mol. The fraction of sp³-hybridized carbons (Fsp3) is 0.429. The first-order valence-electron chi connectivity index (χ1n) is 6.64. The molecule has 19 heavy (non-hydrogen) atoms. The lowest BCUT2D eigenvalue weighted by Crippen LogP contribution is -2.09. The van der Waals surface area contributed by atoms with Gasteiger partial charge in [-0.05, 0) is 18.4 Å². The number of benzene rings is 1. The summed E-state index contributed by atoms with van der Waals surface area (Å²) in [5.41, 5.74) is 7.04. The molecule has 0 bridgehead atoms. The maximum Gasteiger partial charge on any atom is 0.191 e. The van der Waals surface area contributed by atoms with Crippen molar-refractivity contribution >= 4 is 11.8 Å². The minimum absolute atomic E-state index is 0.451. The number of nitrogens with two attached hydrogens (primary N) is 1. The molecule has 4 nitrogen and oxygen atoms in total. The molecule has 0 saturated carbocycles. The Balaban J connectivity index is 1.94. The van der Waals surface area contributed by atoms with Gasteiger partial charge in [-0.3, -0.25) is 0 Å². The minimum Gasteiger partial charge on any atom is -0.324 e. The Morgan fingerprint density at radius 2 is 2.00 bits per heavy atom. The number of thioether (sulfide) groups is 1. The van der Waals surface area contributed by atoms with Crippen molar-refractivity contribution in [2.24, 2.45) is 5.73 Å². The van der Waals surface area contributed by atoms with Crippen LogP contribution in [0.15, 0.2) is 35.5 Å². The van der Waals surface area contributed by atoms with Gasteiger partial charge in [-0.1, -0.05) is 49.0 Å². The van der Waals surface area contributed by atoms with Crippen molar-refractivity contribution in [2.45, 2.75) is 38.0 Å². The number of hydrogen-bond acceptors (Lipinski definition) is 4. The van der Waals surface area contributed by atoms with E-state index in [0.717, 1.165) is 36.1 Å². The van der Waals surface area contributed by atoms with Crippen LogP contribution < -0.4 is 5.73 Å². The first-order chi connectivity index (χ1) is 9.35. The van der Waals surface area contributed by atoms with Crippen molar-refractivity contribution in [3.8, 4) is 0 Å². The predicted molar refractivity (Wildman–Crippen MR) is 79.1 cm³/mol. The van der Waals surface area contributed by atoms with Crippen LogP contribution in [-0.4, -0.2) is 20.5 Å². The highest BCUT2D eigenvalue weighted by molar-refractivity contribution is 7.99. The molecule has 1 aromatic carbocycles. The van der Waals surface area contributed by atoms with Gasteiger partial charge in [0.1, 0.15) is 5.82 Å². The van der Waals surface area contributed by atoms with Crippen molar-refractivity contribution in [1.82, 2.24) is 14.8 Å². The fourth-order valence-corrected chi connectivity index (χ4v) is 2.90. The molecule has 1 aromatic heterocycles. The molecule has 1 heterocycles. The van der Waals surface area contributed by atoms with Gasteiger partial charge in [0.15, 0.2) is 5.16 Å². The molecule has 0 spiro atoms. The number of aromatic nitrogens is 3. The second-order valence-corrected chi connectivity index (χ2v) is 5.40. The molecule has 2 aromatic rings. The van der Waals surface area contributed by atoms with E-state index < -0.39 is 0 Å². The first kappa shape index (κ1) is 14.1. The third-order valence-corrected chi connectivity index (χ3v) is 3.86. The van der Waals surface area contributed by atoms with Gasteiger partial charge in [0, 0.05) is 12.3 Å². The Bertz CT molecular complexity index is 495. The SMILES string of the molecule is CCCn1c(CN)nnc1SCCc1ccccc1. The lowest BCUT2D eigenvalue weighted by Gasteiger charge is -2.07. The van der Waals surface area contributed by atoms with E-state index in [2.05, 4.69) is 46.0 Å². The van der Waals surface area contributed by atoms with E-state index in [4.69, 9.17) is 5.73 Å². The van der Waals surface area contributed by atoms with E-state index in [-0.39, 0.29) is 0 Å². The van der Waals surface area contributed by atoms with Crippen molar-refractivity contribution < 1.29 is 0 Å². The summed E-state index contributed by atoms with van der Waals surface area (Å²) in [6.45, 7) is 3.54. The Hall–Kier alpha value is -1.33. The molecule has 0 aliphatic rings. The molecule has 0 aliphatic heterocycles. The highest BCUT2D eigenvalue weighted by atomic mass is 32.2. The molecule has 0 saturated heterocycles. The van der Waals surface area contributed by atoms with Gasteiger partial charge in [0.2, 0.25) is 0 Å². The van der Waals surface area contributed by atoms with Crippen LogP contribution in [-0.2, 0) is 19.5 Å². The molecule has 0 unspecified atom stereocenters. The summed E-state index contributed by atoms with van der Waals surface area (Å²) in [5.74, 6) is 1.89. The molecule has 0 fully saturated rings. The zero-order valence-electron chi connectivity index (χ0n) is 11.2. The van der Waals surface area contributed by atoms with Crippen molar-refractivity contribution in [2.75, 3.05) is 5.75 Å². The van der Waals surface area contributed by atoms with Crippen LogP contribution in [0.4, 0.5) is 0 Å². The van der Waals surface area contributed by atoms with E-state index in [1.165, 1.54) is 5.56 Å². The van der Waals surface area contributed by atoms with Gasteiger partial charge in [-0.15, -0.1) is 10.2 Å². The summed E-state index contributed by atoms with van der Waals surface area (Å²) in [4.78, 5) is 0. The van der Waals surface area contributed by atoms with Crippen LogP contribution in [0, 0.1) is 0 Å². The van der Waals surface area contributed by atoms with Gasteiger partial charge in [-0.2, -0.15) is 0 Å². The average molecular weight is 276 g/mol. The molecule has 0 amide bonds. The summed E-state index contributed by atoms with van der Waals surface area (Å²) < 4.78 is 2.13. The van der Waals surface area contributed by atoms with Gasteiger partial charge in [-0.25, -0.2) is 0 Å². The van der Waals surface area contributed by atoms with Crippen LogP contribution in [0.25, 0.3) is 0 Å². The topological polar surface area (TPSA) is 56.7 Å². The third kappa shape index (κ3) is 3.81. The highest BCUT2D eigenvalue weighted by Crippen LogP contribution is 2.18. The van der Waals surface area contributed by atoms with E-state index >= 15 is 0 Å². The molecular weight excluding hydrogens is 256 g/mol. The summed E-state index contributed by atoms with van der Waals surface area (Å²) >= 11 is 1.75. The Kier molecular flexibility index (Phi) is 5.42. The zero-order chi connectivity index (χ0) is 13.5. The van der Waals surface area contributed by atoms with Gasteiger partial charge in [0.25, 0.3) is 0 Å². The van der Waals surface area contributed by atoms with Crippen LogP contribution in [0.5, 0.6) is 0 Å². The lowest BCUT2D eigenvalue weighted by molar-refractivity contribution is 0.592. The first-order valence-corrected chi connectivity index (χ1v) is 7.62. The average Bonchev–Trinajstić information content (AvgIpc) is 2.83. The van der Waals surface area contributed by atoms with Crippen molar-refractivity contribution in [3.63, 3.8) is 0 Å². The van der Waals surface area contributed by atoms with Crippen LogP contribution in [0.1, 0.15) is 24.7 Å². The second-order valence-electron chi connectivity index (χ2n) is 4.34. The van der Waals surface area contributed by atoms with Crippen LogP contribution in [0.2, 0.25) is 0 Å². The van der Waals surface area contributed by atoms with Gasteiger partial charge < -0.3 is 10.3 Å². The molecule has 5 heteroatoms. The summed E-state index contributed by atoms with van der Waals surface area (Å²) in [6.07, 6.45) is 2.11. The van der Waals surface area contributed by atoms with Crippen LogP contribution >= 0.6 is 11.8 Å². The van der Waals surface area contributed by atoms with E-state index in [1.54, 1.807) is 11.8 Å². The standard InChI is InChI=1S/C14H20N4S/c1-2-9-18-13(11-15)16-17-14(18)19-10-8-12-6-4-3-5-7-12/h3-7H,2,8-11,15H2,1H3. The Labute approximate surface area is 118 Å². The summed E-state index contributed by atoms with van der Waals surface area (Å²) in [7, 11) is 0.